The van der Waals surface area contributed by atoms with Gasteiger partial charge in [-0.1, -0.05) is 6.92 Å². The molecule has 3 aromatic heterocycles. The molecule has 0 aliphatic heterocycles. The molecular weight excluding hydrogens is 304 g/mol. The van der Waals surface area contributed by atoms with Crippen LogP contribution in [0.25, 0.3) is 11.2 Å². The fraction of sp³-hybridized carbons (Fsp3) is 0.467. The van der Waals surface area contributed by atoms with Gasteiger partial charge in [0.2, 0.25) is 0 Å². The Kier molecular flexibility index (Phi) is 4.31. The number of imidazole rings is 1. The molecule has 3 rings (SSSR count). The number of nitrogens with zero attached hydrogens (tertiary/aromatic N) is 4. The lowest BCUT2D eigenvalue weighted by Gasteiger charge is -2.08. The van der Waals surface area contributed by atoms with E-state index in [-0.39, 0.29) is 0 Å². The van der Waals surface area contributed by atoms with Crippen molar-refractivity contribution in [3.05, 3.63) is 33.9 Å². The first kappa shape index (κ1) is 14.6. The third kappa shape index (κ3) is 2.72. The summed E-state index contributed by atoms with van der Waals surface area (Å²) in [5, 5.41) is 8.90. The van der Waals surface area contributed by atoms with Crippen LogP contribution in [0.5, 0.6) is 0 Å². The second kappa shape index (κ2) is 6.20. The van der Waals surface area contributed by atoms with Crippen molar-refractivity contribution in [2.75, 3.05) is 5.88 Å². The second-order valence-electron chi connectivity index (χ2n) is 5.10. The molecule has 0 spiro atoms. The van der Waals surface area contributed by atoms with E-state index in [4.69, 9.17) is 16.6 Å². The molecule has 0 saturated heterocycles. The number of hydrogen-bond acceptors (Lipinski definition) is 3. The standard InChI is InChI=1S/C15H19ClN4S/c1-3-12-14-15(19(2)18-12)20(13(17-14)4-7-16)8-5-11-6-9-21-10-11/h6,9-10H,3-5,7-8H2,1-2H3. The van der Waals surface area contributed by atoms with Crippen molar-refractivity contribution in [3.63, 3.8) is 0 Å². The van der Waals surface area contributed by atoms with Gasteiger partial charge in [0, 0.05) is 25.9 Å². The smallest absolute Gasteiger partial charge is 0.158 e. The first-order valence-corrected chi connectivity index (χ1v) is 8.70. The van der Waals surface area contributed by atoms with E-state index in [1.165, 1.54) is 5.56 Å². The molecule has 0 amide bonds. The maximum atomic E-state index is 5.94. The van der Waals surface area contributed by atoms with Gasteiger partial charge in [0.25, 0.3) is 0 Å². The Balaban J connectivity index is 2.00. The van der Waals surface area contributed by atoms with Crippen molar-refractivity contribution >= 4 is 34.1 Å². The summed E-state index contributed by atoms with van der Waals surface area (Å²) >= 11 is 7.68. The number of aromatic nitrogens is 4. The van der Waals surface area contributed by atoms with E-state index in [1.54, 1.807) is 11.3 Å². The molecule has 0 atom stereocenters. The maximum Gasteiger partial charge on any atom is 0.158 e. The van der Waals surface area contributed by atoms with Crippen LogP contribution in [0.3, 0.4) is 0 Å². The molecule has 0 aromatic carbocycles. The van der Waals surface area contributed by atoms with Gasteiger partial charge < -0.3 is 4.57 Å². The Labute approximate surface area is 133 Å². The predicted octanol–water partition coefficient (Wildman–Crippen LogP) is 3.42. The van der Waals surface area contributed by atoms with Crippen LogP contribution >= 0.6 is 22.9 Å². The zero-order chi connectivity index (χ0) is 14.8. The van der Waals surface area contributed by atoms with Gasteiger partial charge in [0.05, 0.1) is 5.69 Å². The quantitative estimate of drug-likeness (QED) is 0.652. The van der Waals surface area contributed by atoms with E-state index in [2.05, 4.69) is 33.4 Å². The summed E-state index contributed by atoms with van der Waals surface area (Å²) < 4.78 is 4.23. The molecular formula is C15H19ClN4S. The molecule has 112 valence electrons. The van der Waals surface area contributed by atoms with Crippen molar-refractivity contribution in [1.82, 2.24) is 19.3 Å². The lowest BCUT2D eigenvalue weighted by molar-refractivity contribution is 0.641. The van der Waals surface area contributed by atoms with Crippen LogP contribution in [0.1, 0.15) is 24.0 Å². The van der Waals surface area contributed by atoms with Gasteiger partial charge in [0.15, 0.2) is 5.65 Å². The highest BCUT2D eigenvalue weighted by atomic mass is 35.5. The summed E-state index contributed by atoms with van der Waals surface area (Å²) in [4.78, 5) is 4.79. The van der Waals surface area contributed by atoms with E-state index in [0.29, 0.717) is 5.88 Å². The molecule has 0 saturated carbocycles. The molecule has 0 fully saturated rings. The molecule has 0 radical (unpaired) electrons. The van der Waals surface area contributed by atoms with Crippen molar-refractivity contribution in [2.24, 2.45) is 7.05 Å². The normalized spacial score (nSPS) is 11.6. The van der Waals surface area contributed by atoms with Gasteiger partial charge in [0.1, 0.15) is 11.3 Å². The third-order valence-electron chi connectivity index (χ3n) is 3.73. The highest BCUT2D eigenvalue weighted by molar-refractivity contribution is 7.07. The number of aryl methyl sites for hydroxylation is 5. The van der Waals surface area contributed by atoms with E-state index < -0.39 is 0 Å². The van der Waals surface area contributed by atoms with Crippen LogP contribution in [-0.2, 0) is 32.9 Å². The highest BCUT2D eigenvalue weighted by Crippen LogP contribution is 2.21. The Bertz CT molecular complexity index is 727. The zero-order valence-corrected chi connectivity index (χ0v) is 13.9. The summed E-state index contributed by atoms with van der Waals surface area (Å²) in [5.74, 6) is 1.66. The second-order valence-corrected chi connectivity index (χ2v) is 6.25. The Hall–Kier alpha value is -1.33. The lowest BCUT2D eigenvalue weighted by Crippen LogP contribution is -2.09. The molecule has 0 aliphatic rings. The molecule has 0 N–H and O–H groups in total. The molecule has 3 aromatic rings. The fourth-order valence-corrected chi connectivity index (χ4v) is 3.58. The van der Waals surface area contributed by atoms with Gasteiger partial charge in [-0.05, 0) is 35.2 Å². The summed E-state index contributed by atoms with van der Waals surface area (Å²) in [6.45, 7) is 3.04. The molecule has 21 heavy (non-hydrogen) atoms. The molecule has 0 aliphatic carbocycles. The SMILES string of the molecule is CCc1nn(C)c2c1nc(CCCl)n2CCc1ccsc1. The monoisotopic (exact) mass is 322 g/mol. The van der Waals surface area contributed by atoms with Crippen LogP contribution in [0.4, 0.5) is 0 Å². The van der Waals surface area contributed by atoms with Crippen LogP contribution in [0.2, 0.25) is 0 Å². The molecule has 4 nitrogen and oxygen atoms in total. The Morgan fingerprint density at radius 3 is 2.86 bits per heavy atom. The minimum absolute atomic E-state index is 0.594. The van der Waals surface area contributed by atoms with Crippen molar-refractivity contribution < 1.29 is 0 Å². The lowest BCUT2D eigenvalue weighted by atomic mass is 10.2. The molecule has 0 bridgehead atoms. The number of alkyl halides is 1. The van der Waals surface area contributed by atoms with Crippen LogP contribution in [-0.4, -0.2) is 25.2 Å². The summed E-state index contributed by atoms with van der Waals surface area (Å²) in [6.07, 6.45) is 2.71. The van der Waals surface area contributed by atoms with Gasteiger partial charge in [-0.15, -0.1) is 11.6 Å². The minimum Gasteiger partial charge on any atom is -0.313 e. The van der Waals surface area contributed by atoms with Gasteiger partial charge in [-0.2, -0.15) is 16.4 Å². The third-order valence-corrected chi connectivity index (χ3v) is 4.65. The summed E-state index contributed by atoms with van der Waals surface area (Å²) in [5.41, 5.74) is 4.58. The minimum atomic E-state index is 0.594. The van der Waals surface area contributed by atoms with E-state index in [1.807, 2.05) is 11.7 Å². The van der Waals surface area contributed by atoms with Gasteiger partial charge in [-0.3, -0.25) is 4.68 Å². The number of halogens is 1. The Morgan fingerprint density at radius 1 is 1.33 bits per heavy atom. The fourth-order valence-electron chi connectivity index (χ4n) is 2.71. The van der Waals surface area contributed by atoms with E-state index in [0.717, 1.165) is 48.5 Å². The zero-order valence-electron chi connectivity index (χ0n) is 12.3. The van der Waals surface area contributed by atoms with Gasteiger partial charge in [-0.25, -0.2) is 4.98 Å². The van der Waals surface area contributed by atoms with Crippen LogP contribution in [0, 0.1) is 0 Å². The average molecular weight is 323 g/mol. The first-order chi connectivity index (χ1) is 10.2. The predicted molar refractivity (Wildman–Crippen MR) is 88.3 cm³/mol. The van der Waals surface area contributed by atoms with Crippen molar-refractivity contribution in [2.45, 2.75) is 32.7 Å². The topological polar surface area (TPSA) is 35.6 Å². The van der Waals surface area contributed by atoms with E-state index in [9.17, 15) is 0 Å². The number of thiophene rings is 1. The molecule has 0 unspecified atom stereocenters. The van der Waals surface area contributed by atoms with Crippen LogP contribution in [0.15, 0.2) is 16.8 Å². The number of rotatable bonds is 6. The van der Waals surface area contributed by atoms with Crippen LogP contribution < -0.4 is 0 Å². The van der Waals surface area contributed by atoms with E-state index >= 15 is 0 Å². The largest absolute Gasteiger partial charge is 0.313 e. The summed E-state index contributed by atoms with van der Waals surface area (Å²) in [7, 11) is 1.99. The molecule has 3 heterocycles. The number of hydrogen-bond donors (Lipinski definition) is 0. The first-order valence-electron chi connectivity index (χ1n) is 7.22. The average Bonchev–Trinajstić information content (AvgIpc) is 3.16. The molecule has 6 heteroatoms. The highest BCUT2D eigenvalue weighted by Gasteiger charge is 2.18. The van der Waals surface area contributed by atoms with Gasteiger partial charge >= 0.3 is 0 Å². The summed E-state index contributed by atoms with van der Waals surface area (Å²) in [6, 6.07) is 2.18. The Morgan fingerprint density at radius 2 is 2.19 bits per heavy atom. The van der Waals surface area contributed by atoms with Crippen molar-refractivity contribution in [1.29, 1.82) is 0 Å². The number of fused-ring (bicyclic) bond motifs is 1. The van der Waals surface area contributed by atoms with Crippen molar-refractivity contribution in [3.8, 4) is 0 Å². The maximum absolute atomic E-state index is 5.94.